The maximum Gasteiger partial charge on any atom is 0.309 e. The molecule has 0 amide bonds. The Balaban J connectivity index is 2.00. The molecule has 0 radical (unpaired) electrons. The highest BCUT2D eigenvalue weighted by Gasteiger charge is 2.26. The number of hydrogen-bond donors (Lipinski definition) is 0. The van der Waals surface area contributed by atoms with Crippen LogP contribution in [0.25, 0.3) is 0 Å². The second-order valence-electron chi connectivity index (χ2n) is 5.19. The second-order valence-corrected chi connectivity index (χ2v) is 5.19. The first kappa shape index (κ1) is 14.1. The van der Waals surface area contributed by atoms with Crippen molar-refractivity contribution in [3.63, 3.8) is 0 Å². The molecule has 1 saturated heterocycles. The topological polar surface area (TPSA) is 47.4 Å². The van der Waals surface area contributed by atoms with Crippen LogP contribution in [0.4, 0.5) is 0 Å². The van der Waals surface area contributed by atoms with Gasteiger partial charge in [-0.15, -0.1) is 0 Å². The maximum absolute atomic E-state index is 11.6. The minimum Gasteiger partial charge on any atom is -0.469 e. The largest absolute Gasteiger partial charge is 0.469 e. The number of aryl methyl sites for hydroxylation is 2. The predicted molar refractivity (Wildman–Crippen MR) is 72.7 cm³/mol. The summed E-state index contributed by atoms with van der Waals surface area (Å²) in [6, 6.07) is 2.13. The lowest BCUT2D eigenvalue weighted by Crippen LogP contribution is -2.39. The van der Waals surface area contributed by atoms with Gasteiger partial charge in [-0.1, -0.05) is 0 Å². The molecule has 0 unspecified atom stereocenters. The van der Waals surface area contributed by atoms with Crippen molar-refractivity contribution in [2.45, 2.75) is 39.8 Å². The minimum atomic E-state index is -0.0788. The standard InChI is InChI=1S/C14H23N3O2/c1-4-17-13(8-11(2)15-17)10-16-7-5-6-12(9-16)14(18)19-3/h8,12H,4-7,9-10H2,1-3H3/t12-/m0/s1. The monoisotopic (exact) mass is 265 g/mol. The number of aromatic nitrogens is 2. The summed E-state index contributed by atoms with van der Waals surface area (Å²) >= 11 is 0. The number of esters is 1. The first-order valence-electron chi connectivity index (χ1n) is 6.97. The zero-order valence-corrected chi connectivity index (χ0v) is 12.1. The van der Waals surface area contributed by atoms with Crippen LogP contribution in [-0.2, 0) is 22.6 Å². The summed E-state index contributed by atoms with van der Waals surface area (Å²) in [5.41, 5.74) is 2.28. The number of carbonyl (C=O) groups excluding carboxylic acids is 1. The third-order valence-corrected chi connectivity index (χ3v) is 3.71. The van der Waals surface area contributed by atoms with Crippen LogP contribution in [0.1, 0.15) is 31.2 Å². The van der Waals surface area contributed by atoms with Gasteiger partial charge in [0.1, 0.15) is 0 Å². The van der Waals surface area contributed by atoms with E-state index in [1.165, 1.54) is 12.8 Å². The molecule has 1 aromatic heterocycles. The zero-order chi connectivity index (χ0) is 13.8. The van der Waals surface area contributed by atoms with E-state index < -0.39 is 0 Å². The SMILES string of the molecule is CCn1nc(C)cc1CN1CCC[C@H](C(=O)OC)C1. The molecule has 0 bridgehead atoms. The fourth-order valence-corrected chi connectivity index (χ4v) is 2.79. The van der Waals surface area contributed by atoms with E-state index >= 15 is 0 Å². The highest BCUT2D eigenvalue weighted by Crippen LogP contribution is 2.20. The van der Waals surface area contributed by atoms with Crippen LogP contribution in [0.3, 0.4) is 0 Å². The van der Waals surface area contributed by atoms with Crippen molar-refractivity contribution in [3.05, 3.63) is 17.5 Å². The summed E-state index contributed by atoms with van der Waals surface area (Å²) in [5.74, 6) is -0.0530. The van der Waals surface area contributed by atoms with Gasteiger partial charge in [0, 0.05) is 19.6 Å². The van der Waals surface area contributed by atoms with Gasteiger partial charge < -0.3 is 4.74 Å². The van der Waals surface area contributed by atoms with Gasteiger partial charge in [0.15, 0.2) is 0 Å². The molecule has 2 heterocycles. The third kappa shape index (κ3) is 3.35. The van der Waals surface area contributed by atoms with E-state index in [0.717, 1.165) is 44.7 Å². The highest BCUT2D eigenvalue weighted by molar-refractivity contribution is 5.72. The Bertz CT molecular complexity index is 442. The lowest BCUT2D eigenvalue weighted by molar-refractivity contribution is -0.147. The van der Waals surface area contributed by atoms with Crippen molar-refractivity contribution in [1.29, 1.82) is 0 Å². The molecule has 0 spiro atoms. The van der Waals surface area contributed by atoms with E-state index in [0.29, 0.717) is 0 Å². The predicted octanol–water partition coefficient (Wildman–Crippen LogP) is 1.60. The van der Waals surface area contributed by atoms with Crippen molar-refractivity contribution in [2.24, 2.45) is 5.92 Å². The number of rotatable bonds is 4. The molecule has 19 heavy (non-hydrogen) atoms. The Labute approximate surface area is 114 Å². The van der Waals surface area contributed by atoms with Gasteiger partial charge in [-0.05, 0) is 39.3 Å². The van der Waals surface area contributed by atoms with Crippen molar-refractivity contribution in [1.82, 2.24) is 14.7 Å². The van der Waals surface area contributed by atoms with Crippen LogP contribution >= 0.6 is 0 Å². The van der Waals surface area contributed by atoms with Gasteiger partial charge >= 0.3 is 5.97 Å². The molecule has 0 aromatic carbocycles. The number of methoxy groups -OCH3 is 1. The molecule has 5 nitrogen and oxygen atoms in total. The van der Waals surface area contributed by atoms with Gasteiger partial charge in [-0.2, -0.15) is 5.10 Å². The number of likely N-dealkylation sites (tertiary alicyclic amines) is 1. The van der Waals surface area contributed by atoms with Crippen molar-refractivity contribution < 1.29 is 9.53 Å². The van der Waals surface area contributed by atoms with Crippen molar-refractivity contribution >= 4 is 5.97 Å². The summed E-state index contributed by atoms with van der Waals surface area (Å²) in [6.07, 6.45) is 1.99. The van der Waals surface area contributed by atoms with Crippen molar-refractivity contribution in [3.8, 4) is 0 Å². The molecule has 1 aliphatic rings. The van der Waals surface area contributed by atoms with Gasteiger partial charge in [0.05, 0.1) is 24.4 Å². The van der Waals surface area contributed by atoms with Gasteiger partial charge in [0.2, 0.25) is 0 Å². The van der Waals surface area contributed by atoms with Crippen LogP contribution in [0.5, 0.6) is 0 Å². The summed E-state index contributed by atoms with van der Waals surface area (Å²) in [5, 5.41) is 4.46. The van der Waals surface area contributed by atoms with Gasteiger partial charge in [-0.25, -0.2) is 0 Å². The number of nitrogens with zero attached hydrogens (tertiary/aromatic N) is 3. The fourth-order valence-electron chi connectivity index (χ4n) is 2.79. The molecule has 0 saturated carbocycles. The van der Waals surface area contributed by atoms with Crippen LogP contribution in [0.2, 0.25) is 0 Å². The summed E-state index contributed by atoms with van der Waals surface area (Å²) in [7, 11) is 1.47. The van der Waals surface area contributed by atoms with Crippen molar-refractivity contribution in [2.75, 3.05) is 20.2 Å². The van der Waals surface area contributed by atoms with E-state index in [-0.39, 0.29) is 11.9 Å². The normalized spacial score (nSPS) is 20.5. The summed E-state index contributed by atoms with van der Waals surface area (Å²) < 4.78 is 6.89. The Morgan fingerprint density at radius 3 is 3.05 bits per heavy atom. The molecule has 1 aliphatic heterocycles. The third-order valence-electron chi connectivity index (χ3n) is 3.71. The molecule has 0 aliphatic carbocycles. The second kappa shape index (κ2) is 6.19. The molecular formula is C14H23N3O2. The molecule has 1 aromatic rings. The number of piperidine rings is 1. The fraction of sp³-hybridized carbons (Fsp3) is 0.714. The van der Waals surface area contributed by atoms with Gasteiger partial charge in [0.25, 0.3) is 0 Å². The van der Waals surface area contributed by atoms with Crippen LogP contribution in [0, 0.1) is 12.8 Å². The van der Waals surface area contributed by atoms with Crippen LogP contribution in [-0.4, -0.2) is 40.8 Å². The Morgan fingerprint density at radius 1 is 1.58 bits per heavy atom. The van der Waals surface area contributed by atoms with E-state index in [4.69, 9.17) is 4.74 Å². The molecule has 2 rings (SSSR count). The lowest BCUT2D eigenvalue weighted by atomic mass is 9.98. The maximum atomic E-state index is 11.6. The van der Waals surface area contributed by atoms with E-state index in [2.05, 4.69) is 23.0 Å². The molecule has 1 fully saturated rings. The highest BCUT2D eigenvalue weighted by atomic mass is 16.5. The van der Waals surface area contributed by atoms with Crippen LogP contribution in [0.15, 0.2) is 6.07 Å². The number of hydrogen-bond acceptors (Lipinski definition) is 4. The minimum absolute atomic E-state index is 0.0258. The Morgan fingerprint density at radius 2 is 2.37 bits per heavy atom. The number of carbonyl (C=O) groups is 1. The number of ether oxygens (including phenoxy) is 1. The average Bonchev–Trinajstić information content (AvgIpc) is 2.78. The first-order chi connectivity index (χ1) is 9.13. The summed E-state index contributed by atoms with van der Waals surface area (Å²) in [6.45, 7) is 7.70. The molecule has 106 valence electrons. The van der Waals surface area contributed by atoms with E-state index in [9.17, 15) is 4.79 Å². The molecule has 1 atom stereocenters. The zero-order valence-electron chi connectivity index (χ0n) is 12.1. The molecule has 5 heteroatoms. The lowest BCUT2D eigenvalue weighted by Gasteiger charge is -2.31. The Kier molecular flexibility index (Phi) is 4.58. The van der Waals surface area contributed by atoms with Gasteiger partial charge in [-0.3, -0.25) is 14.4 Å². The summed E-state index contributed by atoms with van der Waals surface area (Å²) in [4.78, 5) is 14.0. The van der Waals surface area contributed by atoms with E-state index in [1.54, 1.807) is 0 Å². The first-order valence-corrected chi connectivity index (χ1v) is 6.97. The Hall–Kier alpha value is -1.36. The molecular weight excluding hydrogens is 242 g/mol. The quantitative estimate of drug-likeness (QED) is 0.776. The van der Waals surface area contributed by atoms with E-state index in [1.807, 2.05) is 11.6 Å². The smallest absolute Gasteiger partial charge is 0.309 e. The van der Waals surface area contributed by atoms with Crippen LogP contribution < -0.4 is 0 Å². The average molecular weight is 265 g/mol. The molecule has 0 N–H and O–H groups in total.